The molecular weight excluding hydrogens is 363 g/mol. The molecule has 0 aliphatic carbocycles. The first-order chi connectivity index (χ1) is 11.9. The van der Waals surface area contributed by atoms with E-state index < -0.39 is 10.0 Å². The zero-order valence-electron chi connectivity index (χ0n) is 13.8. The van der Waals surface area contributed by atoms with Crippen LogP contribution in [0.25, 0.3) is 0 Å². The Morgan fingerprint density at radius 3 is 2.52 bits per heavy atom. The molecule has 0 spiro atoms. The highest BCUT2D eigenvalue weighted by molar-refractivity contribution is 7.91. The van der Waals surface area contributed by atoms with Crippen LogP contribution in [-0.4, -0.2) is 31.7 Å². The maximum Gasteiger partial charge on any atom is 0.252 e. The van der Waals surface area contributed by atoms with Crippen molar-refractivity contribution in [3.05, 3.63) is 46.6 Å². The zero-order valence-corrected chi connectivity index (χ0v) is 15.4. The molecule has 1 amide bonds. The average molecular weight is 382 g/mol. The second-order valence-corrected chi connectivity index (χ2v) is 9.42. The van der Waals surface area contributed by atoms with E-state index in [9.17, 15) is 17.6 Å². The highest BCUT2D eigenvalue weighted by Gasteiger charge is 2.29. The van der Waals surface area contributed by atoms with Crippen molar-refractivity contribution in [2.24, 2.45) is 0 Å². The Morgan fingerprint density at radius 1 is 1.24 bits per heavy atom. The highest BCUT2D eigenvalue weighted by Crippen LogP contribution is 2.33. The monoisotopic (exact) mass is 382 g/mol. The molecule has 0 saturated carbocycles. The molecule has 1 N–H and O–H groups in total. The van der Waals surface area contributed by atoms with E-state index in [2.05, 4.69) is 5.32 Å². The third-order valence-electron chi connectivity index (χ3n) is 4.11. The molecule has 0 unspecified atom stereocenters. The number of hydrogen-bond acceptors (Lipinski definition) is 4. The number of nitrogens with one attached hydrogen (secondary N) is 1. The average Bonchev–Trinajstić information content (AvgIpc) is 3.21. The lowest BCUT2D eigenvalue weighted by molar-refractivity contribution is -0.115. The van der Waals surface area contributed by atoms with Gasteiger partial charge in [0.25, 0.3) is 10.0 Å². The minimum atomic E-state index is -3.48. The number of carbonyl (C=O) groups is 1. The third kappa shape index (κ3) is 4.08. The predicted molar refractivity (Wildman–Crippen MR) is 95.8 cm³/mol. The molecule has 1 aliphatic heterocycles. The number of aryl methyl sites for hydroxylation is 1. The van der Waals surface area contributed by atoms with Gasteiger partial charge in [-0.3, -0.25) is 4.79 Å². The van der Waals surface area contributed by atoms with Crippen molar-refractivity contribution in [3.8, 4) is 0 Å². The van der Waals surface area contributed by atoms with Crippen LogP contribution in [0.2, 0.25) is 0 Å². The largest absolute Gasteiger partial charge is 0.325 e. The number of rotatable bonds is 5. The van der Waals surface area contributed by atoms with Gasteiger partial charge in [-0.05, 0) is 43.5 Å². The minimum Gasteiger partial charge on any atom is -0.325 e. The first kappa shape index (κ1) is 18.0. The number of anilines is 1. The lowest BCUT2D eigenvalue weighted by Crippen LogP contribution is -2.27. The number of benzene rings is 1. The van der Waals surface area contributed by atoms with Gasteiger partial charge in [0.15, 0.2) is 0 Å². The van der Waals surface area contributed by atoms with Crippen LogP contribution < -0.4 is 5.32 Å². The Morgan fingerprint density at radius 2 is 1.88 bits per heavy atom. The number of nitrogens with zero attached hydrogens (tertiary/aromatic N) is 1. The fourth-order valence-electron chi connectivity index (χ4n) is 2.74. The first-order valence-electron chi connectivity index (χ1n) is 8.01. The molecule has 0 bridgehead atoms. The number of thiophene rings is 1. The Balaban J connectivity index is 1.72. The third-order valence-corrected chi connectivity index (χ3v) is 7.50. The molecule has 1 saturated heterocycles. The summed E-state index contributed by atoms with van der Waals surface area (Å²) >= 11 is 1.16. The van der Waals surface area contributed by atoms with E-state index in [1.165, 1.54) is 22.5 Å². The van der Waals surface area contributed by atoms with Crippen molar-refractivity contribution >= 4 is 33.0 Å². The Kier molecular flexibility index (Phi) is 5.21. The molecular formula is C17H19FN2O3S2. The molecule has 8 heteroatoms. The molecule has 1 aromatic heterocycles. The summed E-state index contributed by atoms with van der Waals surface area (Å²) in [6.07, 6.45) is 1.86. The summed E-state index contributed by atoms with van der Waals surface area (Å²) in [5.74, 6) is -0.618. The minimum absolute atomic E-state index is 0.101. The van der Waals surface area contributed by atoms with Gasteiger partial charge < -0.3 is 5.32 Å². The second-order valence-electron chi connectivity index (χ2n) is 6.00. The van der Waals surface area contributed by atoms with Crippen molar-refractivity contribution < 1.29 is 17.6 Å². The molecule has 2 aromatic rings. The van der Waals surface area contributed by atoms with Gasteiger partial charge in [-0.1, -0.05) is 12.1 Å². The molecule has 0 radical (unpaired) electrons. The van der Waals surface area contributed by atoms with Crippen molar-refractivity contribution in [2.75, 3.05) is 18.4 Å². The molecule has 3 rings (SSSR count). The van der Waals surface area contributed by atoms with Crippen molar-refractivity contribution in [2.45, 2.75) is 30.4 Å². The molecule has 1 aromatic carbocycles. The molecule has 0 atom stereocenters. The lowest BCUT2D eigenvalue weighted by Gasteiger charge is -2.13. The Bertz CT molecular complexity index is 870. The Hall–Kier alpha value is -1.77. The molecule has 134 valence electrons. The number of hydrogen-bond donors (Lipinski definition) is 1. The summed E-state index contributed by atoms with van der Waals surface area (Å²) in [4.78, 5) is 12.9. The standard InChI is InChI=1S/C17H19FN2O3S2/c1-12-15(19-16(21)10-13-4-6-14(18)7-5-13)11-17(24-12)25(22,23)20-8-2-3-9-20/h4-7,11H,2-3,8-10H2,1H3,(H,19,21). The summed E-state index contributed by atoms with van der Waals surface area (Å²) in [5, 5.41) is 2.75. The van der Waals surface area contributed by atoms with Gasteiger partial charge in [0.05, 0.1) is 12.1 Å². The van der Waals surface area contributed by atoms with E-state index >= 15 is 0 Å². The van der Waals surface area contributed by atoms with Gasteiger partial charge in [-0.15, -0.1) is 11.3 Å². The van der Waals surface area contributed by atoms with Crippen LogP contribution in [0.5, 0.6) is 0 Å². The van der Waals surface area contributed by atoms with Crippen LogP contribution in [-0.2, 0) is 21.2 Å². The van der Waals surface area contributed by atoms with Gasteiger partial charge in [-0.2, -0.15) is 4.31 Å². The van der Waals surface area contributed by atoms with Crippen molar-refractivity contribution in [1.29, 1.82) is 0 Å². The van der Waals surface area contributed by atoms with Crippen LogP contribution in [0.3, 0.4) is 0 Å². The van der Waals surface area contributed by atoms with Crippen LogP contribution >= 0.6 is 11.3 Å². The van der Waals surface area contributed by atoms with E-state index in [1.807, 2.05) is 0 Å². The zero-order chi connectivity index (χ0) is 18.0. The van der Waals surface area contributed by atoms with E-state index in [-0.39, 0.29) is 22.4 Å². The topological polar surface area (TPSA) is 66.5 Å². The number of amides is 1. The smallest absolute Gasteiger partial charge is 0.252 e. The van der Waals surface area contributed by atoms with E-state index in [0.717, 1.165) is 29.1 Å². The van der Waals surface area contributed by atoms with E-state index in [0.29, 0.717) is 24.3 Å². The van der Waals surface area contributed by atoms with Gasteiger partial charge in [0.2, 0.25) is 5.91 Å². The maximum absolute atomic E-state index is 12.9. The number of halogens is 1. The normalized spacial score (nSPS) is 15.4. The number of carbonyl (C=O) groups excluding carboxylic acids is 1. The quantitative estimate of drug-likeness (QED) is 0.864. The van der Waals surface area contributed by atoms with Crippen LogP contribution in [0.4, 0.5) is 10.1 Å². The summed E-state index contributed by atoms with van der Waals surface area (Å²) in [6.45, 7) is 2.87. The fraction of sp³-hybridized carbons (Fsp3) is 0.353. The predicted octanol–water partition coefficient (Wildman–Crippen LogP) is 3.16. The second kappa shape index (κ2) is 7.23. The first-order valence-corrected chi connectivity index (χ1v) is 10.3. The van der Waals surface area contributed by atoms with Gasteiger partial charge in [0, 0.05) is 18.0 Å². The summed E-state index contributed by atoms with van der Waals surface area (Å²) in [5.41, 5.74) is 1.20. The molecule has 5 nitrogen and oxygen atoms in total. The van der Waals surface area contributed by atoms with Gasteiger partial charge >= 0.3 is 0 Å². The molecule has 1 aliphatic rings. The molecule has 1 fully saturated rings. The van der Waals surface area contributed by atoms with E-state index in [1.54, 1.807) is 19.1 Å². The summed E-state index contributed by atoms with van der Waals surface area (Å²) in [7, 11) is -3.48. The summed E-state index contributed by atoms with van der Waals surface area (Å²) in [6, 6.07) is 7.24. The van der Waals surface area contributed by atoms with Crippen LogP contribution in [0, 0.1) is 12.7 Å². The van der Waals surface area contributed by atoms with Gasteiger partial charge in [-0.25, -0.2) is 12.8 Å². The van der Waals surface area contributed by atoms with Gasteiger partial charge in [0.1, 0.15) is 10.0 Å². The van der Waals surface area contributed by atoms with E-state index in [4.69, 9.17) is 0 Å². The highest BCUT2D eigenvalue weighted by atomic mass is 32.2. The molecule has 2 heterocycles. The SMILES string of the molecule is Cc1sc(S(=O)(=O)N2CCCC2)cc1NC(=O)Cc1ccc(F)cc1. The van der Waals surface area contributed by atoms with Crippen LogP contribution in [0.15, 0.2) is 34.5 Å². The van der Waals surface area contributed by atoms with Crippen LogP contribution in [0.1, 0.15) is 23.3 Å². The Labute approximate surface area is 150 Å². The van der Waals surface area contributed by atoms with Crippen molar-refractivity contribution in [1.82, 2.24) is 4.31 Å². The fourth-order valence-corrected chi connectivity index (χ4v) is 5.81. The number of sulfonamides is 1. The molecule has 25 heavy (non-hydrogen) atoms. The van der Waals surface area contributed by atoms with Crippen molar-refractivity contribution in [3.63, 3.8) is 0 Å². The maximum atomic E-state index is 12.9. The summed E-state index contributed by atoms with van der Waals surface area (Å²) < 4.78 is 39.8. The lowest BCUT2D eigenvalue weighted by atomic mass is 10.1.